The second kappa shape index (κ2) is 10.4. The van der Waals surface area contributed by atoms with Gasteiger partial charge in [-0.2, -0.15) is 10.1 Å². The van der Waals surface area contributed by atoms with Gasteiger partial charge in [-0.3, -0.25) is 4.68 Å². The molecule has 3 aromatic carbocycles. The number of rotatable bonds is 9. The zero-order valence-corrected chi connectivity index (χ0v) is 21.0. The van der Waals surface area contributed by atoms with Crippen molar-refractivity contribution in [2.75, 3.05) is 38.6 Å². The van der Waals surface area contributed by atoms with Crippen molar-refractivity contribution in [3.63, 3.8) is 0 Å². The topological polar surface area (TPSA) is 99.5 Å². The van der Waals surface area contributed by atoms with Crippen molar-refractivity contribution < 1.29 is 14.2 Å². The van der Waals surface area contributed by atoms with Crippen LogP contribution in [-0.2, 0) is 6.54 Å². The summed E-state index contributed by atoms with van der Waals surface area (Å²) in [6.45, 7) is 0.711. The second-order valence-corrected chi connectivity index (χ2v) is 8.24. The molecule has 0 amide bonds. The maximum Gasteiger partial charge on any atom is 0.234 e. The fourth-order valence-electron chi connectivity index (χ4n) is 4.07. The summed E-state index contributed by atoms with van der Waals surface area (Å²) in [7, 11) is 6.61. The number of nitrogens with zero attached hydrogens (tertiary/aromatic N) is 6. The Morgan fingerprint density at radius 1 is 0.892 bits per heavy atom. The molecule has 0 spiro atoms. The van der Waals surface area contributed by atoms with Crippen molar-refractivity contribution in [2.24, 2.45) is 0 Å². The van der Waals surface area contributed by atoms with Crippen LogP contribution < -0.4 is 24.4 Å². The highest BCUT2D eigenvalue weighted by Crippen LogP contribution is 2.40. The van der Waals surface area contributed by atoms with Gasteiger partial charge >= 0.3 is 0 Å². The van der Waals surface area contributed by atoms with Crippen LogP contribution in [-0.4, -0.2) is 53.1 Å². The lowest BCUT2D eigenvalue weighted by Gasteiger charge is -2.18. The van der Waals surface area contributed by atoms with Crippen LogP contribution in [0, 0.1) is 0 Å². The Bertz CT molecular complexity index is 1500. The fraction of sp³-hybridized carbons (Fsp3) is 0.185. The Labute approximate surface area is 214 Å². The third-order valence-corrected chi connectivity index (χ3v) is 5.97. The lowest BCUT2D eigenvalue weighted by molar-refractivity contribution is 0.324. The highest BCUT2D eigenvalue weighted by Gasteiger charge is 2.15. The lowest BCUT2D eigenvalue weighted by Crippen LogP contribution is -2.14. The molecule has 1 N–H and O–H groups in total. The van der Waals surface area contributed by atoms with Crippen LogP contribution in [0.15, 0.2) is 73.2 Å². The number of aromatic nitrogens is 5. The van der Waals surface area contributed by atoms with Gasteiger partial charge in [0, 0.05) is 35.9 Å². The molecule has 5 rings (SSSR count). The molecular weight excluding hydrogens is 470 g/mol. The molecule has 0 bridgehead atoms. The lowest BCUT2D eigenvalue weighted by atomic mass is 10.2. The maximum atomic E-state index is 5.43. The quantitative estimate of drug-likeness (QED) is 0.308. The average Bonchev–Trinajstić information content (AvgIpc) is 3.34. The summed E-state index contributed by atoms with van der Waals surface area (Å²) in [5.74, 6) is 2.42. The second-order valence-electron chi connectivity index (χ2n) is 8.24. The van der Waals surface area contributed by atoms with E-state index in [-0.39, 0.29) is 0 Å². The Hall–Kier alpha value is -4.86. The number of fused-ring (bicyclic) bond motifs is 1. The molecule has 2 aromatic heterocycles. The summed E-state index contributed by atoms with van der Waals surface area (Å²) < 4.78 is 18.3. The van der Waals surface area contributed by atoms with Gasteiger partial charge in [0.05, 0.1) is 39.6 Å². The Balaban J connectivity index is 1.38. The Morgan fingerprint density at radius 3 is 2.35 bits per heavy atom. The molecule has 0 aliphatic heterocycles. The van der Waals surface area contributed by atoms with Crippen LogP contribution in [0.4, 0.5) is 23.3 Å². The van der Waals surface area contributed by atoms with E-state index in [0.29, 0.717) is 41.4 Å². The standard InChI is InChI=1S/C27H27N7O3/c1-33(21-10-11-22-19(12-21)15-30-34(22)16-18-8-6-5-7-9-18)27-29-17-28-26(32-27)31-20-13-23(35-2)25(37-4)24(14-20)36-3/h5-15,17H,16H2,1-4H3,(H,28,29,31,32). The molecular formula is C27H27N7O3. The first-order chi connectivity index (χ1) is 18.1. The van der Waals surface area contributed by atoms with E-state index < -0.39 is 0 Å². The van der Waals surface area contributed by atoms with Gasteiger partial charge in [0.15, 0.2) is 11.5 Å². The fourth-order valence-corrected chi connectivity index (χ4v) is 4.07. The van der Waals surface area contributed by atoms with Gasteiger partial charge in [-0.05, 0) is 23.8 Å². The smallest absolute Gasteiger partial charge is 0.234 e. The minimum atomic E-state index is 0.378. The summed E-state index contributed by atoms with van der Waals surface area (Å²) in [4.78, 5) is 15.1. The molecule has 10 heteroatoms. The number of hydrogen-bond acceptors (Lipinski definition) is 9. The first kappa shape index (κ1) is 23.9. The van der Waals surface area contributed by atoms with Gasteiger partial charge in [-0.1, -0.05) is 30.3 Å². The van der Waals surface area contributed by atoms with Gasteiger partial charge in [0.1, 0.15) is 6.33 Å². The van der Waals surface area contributed by atoms with Gasteiger partial charge in [0.2, 0.25) is 17.6 Å². The molecule has 0 saturated heterocycles. The highest BCUT2D eigenvalue weighted by atomic mass is 16.5. The minimum Gasteiger partial charge on any atom is -0.493 e. The van der Waals surface area contributed by atoms with E-state index >= 15 is 0 Å². The van der Waals surface area contributed by atoms with E-state index in [1.165, 1.54) is 11.9 Å². The van der Waals surface area contributed by atoms with Crippen LogP contribution in [0.1, 0.15) is 5.56 Å². The van der Waals surface area contributed by atoms with Crippen LogP contribution in [0.5, 0.6) is 17.2 Å². The predicted molar refractivity (Wildman–Crippen MR) is 143 cm³/mol. The van der Waals surface area contributed by atoms with Crippen molar-refractivity contribution in [2.45, 2.75) is 6.54 Å². The number of nitrogens with one attached hydrogen (secondary N) is 1. The zero-order valence-electron chi connectivity index (χ0n) is 21.0. The Kier molecular flexibility index (Phi) is 6.71. The Morgan fingerprint density at radius 2 is 1.65 bits per heavy atom. The van der Waals surface area contributed by atoms with Crippen LogP contribution in [0.25, 0.3) is 10.9 Å². The van der Waals surface area contributed by atoms with Crippen molar-refractivity contribution in [3.05, 3.63) is 78.8 Å². The summed E-state index contributed by atoms with van der Waals surface area (Å²) >= 11 is 0. The molecule has 10 nitrogen and oxygen atoms in total. The number of anilines is 4. The molecule has 0 unspecified atom stereocenters. The molecule has 0 atom stereocenters. The van der Waals surface area contributed by atoms with Crippen molar-refractivity contribution in [3.8, 4) is 17.2 Å². The molecule has 37 heavy (non-hydrogen) atoms. The van der Waals surface area contributed by atoms with E-state index in [0.717, 1.165) is 16.6 Å². The largest absolute Gasteiger partial charge is 0.493 e. The molecule has 0 fully saturated rings. The van der Waals surface area contributed by atoms with Crippen molar-refractivity contribution in [1.82, 2.24) is 24.7 Å². The summed E-state index contributed by atoms with van der Waals surface area (Å²) in [6.07, 6.45) is 3.34. The van der Waals surface area contributed by atoms with E-state index in [1.807, 2.05) is 47.1 Å². The van der Waals surface area contributed by atoms with Crippen molar-refractivity contribution in [1.29, 1.82) is 0 Å². The first-order valence-corrected chi connectivity index (χ1v) is 11.6. The monoisotopic (exact) mass is 497 g/mol. The first-order valence-electron chi connectivity index (χ1n) is 11.6. The van der Waals surface area contributed by atoms with Crippen LogP contribution in [0.3, 0.4) is 0 Å². The molecule has 0 saturated carbocycles. The van der Waals surface area contributed by atoms with Crippen LogP contribution in [0.2, 0.25) is 0 Å². The molecule has 0 aliphatic rings. The summed E-state index contributed by atoms with van der Waals surface area (Å²) in [6, 6.07) is 20.0. The number of hydrogen-bond donors (Lipinski definition) is 1. The van der Waals surface area contributed by atoms with Crippen molar-refractivity contribution >= 4 is 34.2 Å². The number of benzene rings is 3. The third-order valence-electron chi connectivity index (χ3n) is 5.97. The van der Waals surface area contributed by atoms with Gasteiger partial charge in [-0.25, -0.2) is 9.97 Å². The number of ether oxygens (including phenoxy) is 3. The third kappa shape index (κ3) is 4.94. The molecule has 0 radical (unpaired) electrons. The summed E-state index contributed by atoms with van der Waals surface area (Å²) in [5, 5.41) is 8.81. The highest BCUT2D eigenvalue weighted by molar-refractivity contribution is 5.83. The van der Waals surface area contributed by atoms with Crippen LogP contribution >= 0.6 is 0 Å². The van der Waals surface area contributed by atoms with E-state index in [2.05, 4.69) is 49.6 Å². The van der Waals surface area contributed by atoms with E-state index in [9.17, 15) is 0 Å². The van der Waals surface area contributed by atoms with E-state index in [4.69, 9.17) is 14.2 Å². The zero-order chi connectivity index (χ0) is 25.8. The molecule has 0 aliphatic carbocycles. The minimum absolute atomic E-state index is 0.378. The molecule has 5 aromatic rings. The summed E-state index contributed by atoms with van der Waals surface area (Å²) in [5.41, 5.74) is 3.87. The SMILES string of the molecule is COc1cc(Nc2ncnc(N(C)c3ccc4c(cnn4Cc4ccccc4)c3)n2)cc(OC)c1OC. The van der Waals surface area contributed by atoms with Gasteiger partial charge < -0.3 is 24.4 Å². The normalized spacial score (nSPS) is 10.8. The maximum absolute atomic E-state index is 5.43. The predicted octanol–water partition coefficient (Wildman–Crippen LogP) is 4.81. The van der Waals surface area contributed by atoms with Gasteiger partial charge in [-0.15, -0.1) is 0 Å². The number of methoxy groups -OCH3 is 3. The molecule has 2 heterocycles. The van der Waals surface area contributed by atoms with E-state index in [1.54, 1.807) is 33.5 Å². The van der Waals surface area contributed by atoms with Gasteiger partial charge in [0.25, 0.3) is 0 Å². The molecule has 188 valence electrons. The average molecular weight is 498 g/mol.